The van der Waals surface area contributed by atoms with Crippen molar-refractivity contribution < 1.29 is 14.7 Å². The predicted octanol–water partition coefficient (Wildman–Crippen LogP) is 2.15. The molecule has 2 saturated heterocycles. The van der Waals surface area contributed by atoms with Crippen molar-refractivity contribution in [1.82, 2.24) is 19.7 Å². The van der Waals surface area contributed by atoms with Crippen molar-refractivity contribution in [3.8, 4) is 0 Å². The van der Waals surface area contributed by atoms with Crippen LogP contribution in [0, 0.1) is 0 Å². The summed E-state index contributed by atoms with van der Waals surface area (Å²) in [5, 5.41) is 14.5. The summed E-state index contributed by atoms with van der Waals surface area (Å²) in [7, 11) is 1.70. The molecule has 2 aliphatic rings. The van der Waals surface area contributed by atoms with Gasteiger partial charge in [-0.15, -0.1) is 0 Å². The normalized spacial score (nSPS) is 23.3. The van der Waals surface area contributed by atoms with Crippen molar-refractivity contribution in [3.63, 3.8) is 0 Å². The second-order valence-corrected chi connectivity index (χ2v) is 10.2. The van der Waals surface area contributed by atoms with Crippen LogP contribution < -0.4 is 10.9 Å². The van der Waals surface area contributed by atoms with Crippen molar-refractivity contribution in [1.29, 1.82) is 0 Å². The molecule has 0 radical (unpaired) electrons. The van der Waals surface area contributed by atoms with E-state index in [1.807, 2.05) is 38.1 Å². The molecule has 2 amide bonds. The summed E-state index contributed by atoms with van der Waals surface area (Å²) in [5.41, 5.74) is 0.758. The van der Waals surface area contributed by atoms with Crippen molar-refractivity contribution in [2.75, 3.05) is 20.1 Å². The Morgan fingerprint density at radius 3 is 2.44 bits per heavy atom. The molecule has 0 spiro atoms. The first-order chi connectivity index (χ1) is 16.2. The van der Waals surface area contributed by atoms with Crippen LogP contribution >= 0.6 is 0 Å². The second-order valence-electron chi connectivity index (χ2n) is 10.2. The van der Waals surface area contributed by atoms with Crippen LogP contribution in [0.15, 0.2) is 35.1 Å². The minimum atomic E-state index is -0.602. The van der Waals surface area contributed by atoms with Gasteiger partial charge in [0.25, 0.3) is 11.5 Å². The van der Waals surface area contributed by atoms with E-state index in [-0.39, 0.29) is 47.1 Å². The van der Waals surface area contributed by atoms with Gasteiger partial charge in [0.2, 0.25) is 5.91 Å². The van der Waals surface area contributed by atoms with Crippen LogP contribution in [-0.4, -0.2) is 75.7 Å². The Morgan fingerprint density at radius 2 is 1.82 bits per heavy atom. The van der Waals surface area contributed by atoms with E-state index in [2.05, 4.69) is 10.2 Å². The van der Waals surface area contributed by atoms with E-state index in [0.717, 1.165) is 36.6 Å². The predicted molar refractivity (Wildman–Crippen MR) is 132 cm³/mol. The number of hydrogen-bond acceptors (Lipinski definition) is 5. The fourth-order valence-electron chi connectivity index (χ4n) is 5.66. The van der Waals surface area contributed by atoms with E-state index in [4.69, 9.17) is 0 Å². The molecule has 0 saturated carbocycles. The number of piperidine rings is 1. The van der Waals surface area contributed by atoms with Gasteiger partial charge in [0.1, 0.15) is 5.56 Å². The summed E-state index contributed by atoms with van der Waals surface area (Å²) in [6.07, 6.45) is 3.05. The monoisotopic (exact) mass is 468 g/mol. The summed E-state index contributed by atoms with van der Waals surface area (Å²) >= 11 is 0. The molecule has 34 heavy (non-hydrogen) atoms. The number of amides is 2. The quantitative estimate of drug-likeness (QED) is 0.649. The number of aromatic nitrogens is 1. The Labute approximate surface area is 200 Å². The Morgan fingerprint density at radius 1 is 1.18 bits per heavy atom. The molecule has 2 aliphatic heterocycles. The zero-order valence-corrected chi connectivity index (χ0v) is 20.5. The number of carbonyl (C=O) groups is 2. The van der Waals surface area contributed by atoms with E-state index in [1.165, 1.54) is 11.8 Å². The number of likely N-dealkylation sites (N-methyl/N-ethyl adjacent to an activating group) is 1. The lowest BCUT2D eigenvalue weighted by Gasteiger charge is -2.40. The molecular formula is C26H36N4O4. The van der Waals surface area contributed by atoms with Crippen LogP contribution in [-0.2, 0) is 4.79 Å². The maximum atomic E-state index is 13.2. The summed E-state index contributed by atoms with van der Waals surface area (Å²) in [5.74, 6) is -0.375. The number of pyridine rings is 1. The molecule has 4 atom stereocenters. The number of rotatable bonds is 7. The molecule has 2 aromatic rings. The minimum absolute atomic E-state index is 0.00310. The highest BCUT2D eigenvalue weighted by Gasteiger charge is 2.42. The van der Waals surface area contributed by atoms with Crippen LogP contribution in [0.5, 0.6) is 0 Å². The maximum Gasteiger partial charge on any atom is 0.264 e. The Hall–Kier alpha value is -2.71. The smallest absolute Gasteiger partial charge is 0.264 e. The van der Waals surface area contributed by atoms with Gasteiger partial charge in [0, 0.05) is 51.2 Å². The molecule has 2 fully saturated rings. The summed E-state index contributed by atoms with van der Waals surface area (Å²) in [6, 6.07) is 9.86. The number of nitrogens with one attached hydrogen (secondary N) is 1. The maximum absolute atomic E-state index is 13.2. The topological polar surface area (TPSA) is 94.9 Å². The fraction of sp³-hybridized carbons (Fsp3) is 0.577. The molecular weight excluding hydrogens is 432 g/mol. The minimum Gasteiger partial charge on any atom is -0.390 e. The van der Waals surface area contributed by atoms with E-state index >= 15 is 0 Å². The van der Waals surface area contributed by atoms with Crippen LogP contribution in [0.2, 0.25) is 0 Å². The highest BCUT2D eigenvalue weighted by atomic mass is 16.3. The second kappa shape index (κ2) is 9.88. The lowest BCUT2D eigenvalue weighted by atomic mass is 9.96. The summed E-state index contributed by atoms with van der Waals surface area (Å²) in [4.78, 5) is 41.7. The molecule has 8 nitrogen and oxygen atoms in total. The first-order valence-electron chi connectivity index (χ1n) is 12.3. The van der Waals surface area contributed by atoms with Crippen LogP contribution in [0.25, 0.3) is 10.9 Å². The molecule has 2 bridgehead atoms. The van der Waals surface area contributed by atoms with Gasteiger partial charge in [-0.2, -0.15) is 0 Å². The molecule has 4 rings (SSSR count). The van der Waals surface area contributed by atoms with Crippen LogP contribution in [0.4, 0.5) is 0 Å². The summed E-state index contributed by atoms with van der Waals surface area (Å²) < 4.78 is 1.69. The van der Waals surface area contributed by atoms with Crippen LogP contribution in [0.3, 0.4) is 0 Å². The first-order valence-corrected chi connectivity index (χ1v) is 12.3. The molecule has 3 heterocycles. The number of fused-ring (bicyclic) bond motifs is 3. The number of carbonyl (C=O) groups excluding carboxylic acids is 2. The number of nitrogens with zero attached hydrogens (tertiary/aromatic N) is 3. The number of aliphatic hydroxyl groups is 1. The van der Waals surface area contributed by atoms with E-state index in [0.29, 0.717) is 13.1 Å². The van der Waals surface area contributed by atoms with Crippen molar-refractivity contribution in [2.24, 2.45) is 0 Å². The van der Waals surface area contributed by atoms with Gasteiger partial charge < -0.3 is 19.9 Å². The first kappa shape index (κ1) is 24.4. The van der Waals surface area contributed by atoms with Gasteiger partial charge in [0.15, 0.2) is 0 Å². The average Bonchev–Trinajstić information content (AvgIpc) is 3.00. The molecule has 2 unspecified atom stereocenters. The highest BCUT2D eigenvalue weighted by Crippen LogP contribution is 2.36. The third kappa shape index (κ3) is 4.88. The fourth-order valence-corrected chi connectivity index (χ4v) is 5.66. The SMILES string of the molecule is CC(=O)N(C)CC(O)CN1[C@@H]2CC[C@H]1CC(NC(=O)c1cc3ccccc3n(C(C)C)c1=O)C2. The average molecular weight is 469 g/mol. The zero-order chi connectivity index (χ0) is 24.6. The lowest BCUT2D eigenvalue weighted by Crippen LogP contribution is -2.53. The van der Waals surface area contributed by atoms with Gasteiger partial charge >= 0.3 is 0 Å². The van der Waals surface area contributed by atoms with Gasteiger partial charge in [-0.1, -0.05) is 18.2 Å². The standard InChI is InChI=1S/C26H36N4O4/c1-16(2)30-24-8-6-5-7-18(24)11-23(26(30)34)25(33)27-19-12-20-9-10-21(13-19)29(20)15-22(32)14-28(4)17(3)31/h5-8,11,16,19-22,32H,9-10,12-15H2,1-4H3,(H,27,33)/t19?,20-,21+,22?. The van der Waals surface area contributed by atoms with E-state index in [9.17, 15) is 19.5 Å². The number of aliphatic hydroxyl groups excluding tert-OH is 1. The third-order valence-electron chi connectivity index (χ3n) is 7.37. The molecule has 184 valence electrons. The molecule has 0 aliphatic carbocycles. The van der Waals surface area contributed by atoms with Gasteiger partial charge in [-0.05, 0) is 57.0 Å². The molecule has 8 heteroatoms. The highest BCUT2D eigenvalue weighted by molar-refractivity contribution is 5.97. The van der Waals surface area contributed by atoms with Crippen LogP contribution in [0.1, 0.15) is 62.9 Å². The Kier molecular flexibility index (Phi) is 7.09. The van der Waals surface area contributed by atoms with Gasteiger partial charge in [0.05, 0.1) is 11.6 Å². The van der Waals surface area contributed by atoms with Gasteiger partial charge in [-0.25, -0.2) is 0 Å². The lowest BCUT2D eigenvalue weighted by molar-refractivity contribution is -0.129. The Bertz CT molecular complexity index is 1110. The molecule has 1 aromatic carbocycles. The number of para-hydroxylation sites is 1. The number of hydrogen-bond donors (Lipinski definition) is 2. The van der Waals surface area contributed by atoms with E-state index in [1.54, 1.807) is 17.7 Å². The molecule has 2 N–H and O–H groups in total. The van der Waals surface area contributed by atoms with E-state index < -0.39 is 6.10 Å². The summed E-state index contributed by atoms with van der Waals surface area (Å²) in [6.45, 7) is 6.24. The van der Waals surface area contributed by atoms with Gasteiger partial charge in [-0.3, -0.25) is 19.3 Å². The number of benzene rings is 1. The van der Waals surface area contributed by atoms with Crippen molar-refractivity contribution in [2.45, 2.75) is 76.7 Å². The van der Waals surface area contributed by atoms with Crippen molar-refractivity contribution in [3.05, 3.63) is 46.2 Å². The zero-order valence-electron chi connectivity index (χ0n) is 20.5. The third-order valence-corrected chi connectivity index (χ3v) is 7.37. The van der Waals surface area contributed by atoms with Crippen molar-refractivity contribution >= 4 is 22.7 Å². The molecule has 1 aromatic heterocycles. The Balaban J connectivity index is 1.45. The largest absolute Gasteiger partial charge is 0.390 e.